The molecule has 1 aliphatic heterocycles. The number of carbonyl (C=O) groups is 2. The fraction of sp³-hybridized carbons (Fsp3) is 0.556. The normalized spacial score (nSPS) is 14.4. The lowest BCUT2D eigenvalue weighted by Gasteiger charge is -2.27. The summed E-state index contributed by atoms with van der Waals surface area (Å²) in [4.78, 5) is 38.6. The number of anilines is 1. The Bertz CT molecular complexity index is 1290. The smallest absolute Gasteiger partial charge is 0.410 e. The number of fused-ring (bicyclic) bond motifs is 3. The summed E-state index contributed by atoms with van der Waals surface area (Å²) < 4.78 is 13.1. The van der Waals surface area contributed by atoms with Crippen LogP contribution >= 0.6 is 0 Å². The molecule has 0 bridgehead atoms. The van der Waals surface area contributed by atoms with E-state index in [4.69, 9.17) is 20.2 Å². The first-order valence-corrected chi connectivity index (χ1v) is 13.0. The second kappa shape index (κ2) is 10.9. The molecule has 200 valence electrons. The molecule has 1 saturated heterocycles. The van der Waals surface area contributed by atoms with Gasteiger partial charge in [0.2, 0.25) is 5.91 Å². The largest absolute Gasteiger partial charge is 0.444 e. The summed E-state index contributed by atoms with van der Waals surface area (Å²) in [7, 11) is 0. The highest BCUT2D eigenvalue weighted by Gasteiger charge is 2.25. The van der Waals surface area contributed by atoms with Crippen molar-refractivity contribution in [3.8, 4) is 0 Å². The van der Waals surface area contributed by atoms with Gasteiger partial charge in [-0.05, 0) is 52.7 Å². The van der Waals surface area contributed by atoms with Gasteiger partial charge >= 0.3 is 6.09 Å². The predicted molar refractivity (Wildman–Crippen MR) is 143 cm³/mol. The molecule has 3 heterocycles. The number of amides is 2. The molecular formula is C27H38N6O4. The van der Waals surface area contributed by atoms with Crippen LogP contribution in [0.5, 0.6) is 0 Å². The maximum atomic E-state index is 12.9. The molecule has 2 aromatic heterocycles. The average Bonchev–Trinajstić information content (AvgIpc) is 3.20. The Morgan fingerprint density at radius 1 is 1.19 bits per heavy atom. The lowest BCUT2D eigenvalue weighted by molar-refractivity contribution is -0.135. The number of aryl methyl sites for hydroxylation is 2. The molecule has 1 aromatic carbocycles. The van der Waals surface area contributed by atoms with Crippen LogP contribution in [0.4, 0.5) is 10.6 Å². The van der Waals surface area contributed by atoms with Crippen molar-refractivity contribution in [2.75, 3.05) is 38.6 Å². The van der Waals surface area contributed by atoms with Crippen LogP contribution in [0, 0.1) is 6.92 Å². The molecule has 0 radical (unpaired) electrons. The Balaban J connectivity index is 1.69. The Hall–Kier alpha value is -3.40. The van der Waals surface area contributed by atoms with Gasteiger partial charge in [-0.15, -0.1) is 0 Å². The van der Waals surface area contributed by atoms with Gasteiger partial charge in [0.15, 0.2) is 5.82 Å². The number of ether oxygens (including phenoxy) is 2. The second-order valence-corrected chi connectivity index (χ2v) is 10.5. The van der Waals surface area contributed by atoms with Gasteiger partial charge in [0, 0.05) is 38.0 Å². The van der Waals surface area contributed by atoms with Crippen LogP contribution in [0.2, 0.25) is 0 Å². The van der Waals surface area contributed by atoms with Crippen LogP contribution in [-0.4, -0.2) is 74.8 Å². The van der Waals surface area contributed by atoms with Gasteiger partial charge in [-0.25, -0.2) is 14.8 Å². The standard InChI is InChI=1S/C27H38N6O4/c1-6-31(26(35)37-27(3,4)5)17-21-30-23-24(19-10-9-18(2)16-20(19)29-25(23)28)33(21)11-7-8-22(34)32-12-14-36-15-13-32/h9-10,16H,6-8,11-15,17H2,1-5H3,(H2,28,29). The lowest BCUT2D eigenvalue weighted by Crippen LogP contribution is -2.40. The Morgan fingerprint density at radius 3 is 2.59 bits per heavy atom. The van der Waals surface area contributed by atoms with E-state index < -0.39 is 11.7 Å². The third-order valence-electron chi connectivity index (χ3n) is 6.44. The number of rotatable bonds is 7. The Labute approximate surface area is 217 Å². The Morgan fingerprint density at radius 2 is 1.92 bits per heavy atom. The minimum Gasteiger partial charge on any atom is -0.444 e. The minimum absolute atomic E-state index is 0.125. The van der Waals surface area contributed by atoms with Gasteiger partial charge in [0.05, 0.1) is 30.8 Å². The van der Waals surface area contributed by atoms with Gasteiger partial charge < -0.3 is 29.6 Å². The van der Waals surface area contributed by atoms with Crippen molar-refractivity contribution in [3.63, 3.8) is 0 Å². The number of benzene rings is 1. The van der Waals surface area contributed by atoms with Crippen LogP contribution in [-0.2, 0) is 27.4 Å². The molecule has 0 atom stereocenters. The summed E-state index contributed by atoms with van der Waals surface area (Å²) in [5, 5.41) is 0.938. The van der Waals surface area contributed by atoms with Crippen molar-refractivity contribution in [2.45, 2.75) is 66.2 Å². The van der Waals surface area contributed by atoms with E-state index in [1.165, 1.54) is 0 Å². The quantitative estimate of drug-likeness (QED) is 0.513. The molecule has 1 fully saturated rings. The molecule has 4 rings (SSSR count). The van der Waals surface area contributed by atoms with E-state index in [-0.39, 0.29) is 12.5 Å². The van der Waals surface area contributed by atoms with Gasteiger partial charge in [0.1, 0.15) is 16.9 Å². The van der Waals surface area contributed by atoms with E-state index in [0.717, 1.165) is 22.0 Å². The van der Waals surface area contributed by atoms with E-state index >= 15 is 0 Å². The summed E-state index contributed by atoms with van der Waals surface area (Å²) in [6, 6.07) is 6.08. The van der Waals surface area contributed by atoms with Crippen molar-refractivity contribution >= 4 is 39.8 Å². The fourth-order valence-electron chi connectivity index (χ4n) is 4.59. The van der Waals surface area contributed by atoms with Crippen LogP contribution in [0.25, 0.3) is 21.9 Å². The predicted octanol–water partition coefficient (Wildman–Crippen LogP) is 3.87. The molecule has 3 aromatic rings. The summed E-state index contributed by atoms with van der Waals surface area (Å²) in [6.45, 7) is 13.2. The second-order valence-electron chi connectivity index (χ2n) is 10.5. The number of morpholine rings is 1. The molecular weight excluding hydrogens is 472 g/mol. The van der Waals surface area contributed by atoms with Gasteiger partial charge in [-0.2, -0.15) is 0 Å². The SMILES string of the molecule is CCN(Cc1nc2c(N)nc3cc(C)ccc3c2n1CCCC(=O)N1CCOCC1)C(=O)OC(C)(C)C. The highest BCUT2D eigenvalue weighted by Crippen LogP contribution is 2.30. The number of hydrogen-bond acceptors (Lipinski definition) is 7. The van der Waals surface area contributed by atoms with Crippen LogP contribution in [0.3, 0.4) is 0 Å². The fourth-order valence-corrected chi connectivity index (χ4v) is 4.59. The first-order valence-electron chi connectivity index (χ1n) is 13.0. The van der Waals surface area contributed by atoms with Crippen LogP contribution < -0.4 is 5.73 Å². The van der Waals surface area contributed by atoms with Crippen molar-refractivity contribution in [1.82, 2.24) is 24.3 Å². The molecule has 10 nitrogen and oxygen atoms in total. The zero-order chi connectivity index (χ0) is 26.7. The topological polar surface area (TPSA) is 116 Å². The minimum atomic E-state index is -0.604. The molecule has 1 aliphatic rings. The highest BCUT2D eigenvalue weighted by atomic mass is 16.6. The maximum Gasteiger partial charge on any atom is 0.410 e. The summed E-state index contributed by atoms with van der Waals surface area (Å²) in [6.07, 6.45) is 0.644. The molecule has 37 heavy (non-hydrogen) atoms. The van der Waals surface area contributed by atoms with E-state index in [1.54, 1.807) is 4.90 Å². The monoisotopic (exact) mass is 510 g/mol. The maximum absolute atomic E-state index is 12.9. The number of nitrogens with two attached hydrogens (primary N) is 1. The molecule has 10 heteroatoms. The third kappa shape index (κ3) is 6.12. The van der Waals surface area contributed by atoms with Crippen LogP contribution in [0.1, 0.15) is 51.9 Å². The van der Waals surface area contributed by atoms with Crippen molar-refractivity contribution in [3.05, 3.63) is 29.6 Å². The van der Waals surface area contributed by atoms with E-state index in [2.05, 4.69) is 9.55 Å². The molecule has 0 aliphatic carbocycles. The number of hydrogen-bond donors (Lipinski definition) is 1. The molecule has 2 N–H and O–H groups in total. The van der Waals surface area contributed by atoms with Gasteiger partial charge in [-0.3, -0.25) is 4.79 Å². The van der Waals surface area contributed by atoms with Crippen molar-refractivity contribution < 1.29 is 19.1 Å². The summed E-state index contributed by atoms with van der Waals surface area (Å²) in [5.41, 5.74) is 9.12. The number of imidazole rings is 1. The highest BCUT2D eigenvalue weighted by molar-refractivity contribution is 6.06. The van der Waals surface area contributed by atoms with E-state index in [0.29, 0.717) is 69.4 Å². The van der Waals surface area contributed by atoms with E-state index in [1.807, 2.05) is 57.7 Å². The van der Waals surface area contributed by atoms with Crippen LogP contribution in [0.15, 0.2) is 18.2 Å². The van der Waals surface area contributed by atoms with Crippen molar-refractivity contribution in [2.24, 2.45) is 0 Å². The number of pyridine rings is 1. The molecule has 0 spiro atoms. The number of aromatic nitrogens is 3. The van der Waals surface area contributed by atoms with Gasteiger partial charge in [-0.1, -0.05) is 12.1 Å². The van der Waals surface area contributed by atoms with E-state index in [9.17, 15) is 9.59 Å². The third-order valence-corrected chi connectivity index (χ3v) is 6.44. The lowest BCUT2D eigenvalue weighted by atomic mass is 10.1. The molecule has 0 saturated carbocycles. The van der Waals surface area contributed by atoms with Gasteiger partial charge in [0.25, 0.3) is 0 Å². The Kier molecular flexibility index (Phi) is 7.87. The average molecular weight is 511 g/mol. The first-order chi connectivity index (χ1) is 17.6. The first kappa shape index (κ1) is 26.7. The summed E-state index contributed by atoms with van der Waals surface area (Å²) >= 11 is 0. The molecule has 0 unspecified atom stereocenters. The number of nitrogen functional groups attached to an aromatic ring is 1. The summed E-state index contributed by atoms with van der Waals surface area (Å²) in [5.74, 6) is 1.15. The number of nitrogens with zero attached hydrogens (tertiary/aromatic N) is 5. The number of carbonyl (C=O) groups excluding carboxylic acids is 2. The van der Waals surface area contributed by atoms with Crippen molar-refractivity contribution in [1.29, 1.82) is 0 Å². The molecule has 2 amide bonds. The zero-order valence-electron chi connectivity index (χ0n) is 22.5. The zero-order valence-corrected chi connectivity index (χ0v) is 22.5.